The topological polar surface area (TPSA) is 89.8 Å². The van der Waals surface area contributed by atoms with Gasteiger partial charge in [0.25, 0.3) is 5.56 Å². The molecule has 0 bridgehead atoms. The minimum atomic E-state index is -0.572. The quantitative estimate of drug-likeness (QED) is 0.557. The van der Waals surface area contributed by atoms with Gasteiger partial charge in [0.1, 0.15) is 0 Å². The SMILES string of the molecule is Cn1c(=O)[nH]c(=O)c2c1nc(Br)n2CC(=O)c1ccccc1. The van der Waals surface area contributed by atoms with Crippen molar-refractivity contribution in [1.29, 1.82) is 0 Å². The summed E-state index contributed by atoms with van der Waals surface area (Å²) in [5.74, 6) is -0.158. The number of aryl methyl sites for hydroxylation is 1. The van der Waals surface area contributed by atoms with E-state index in [-0.39, 0.29) is 23.5 Å². The lowest BCUT2D eigenvalue weighted by molar-refractivity contribution is 0.0972. The number of ketones is 1. The molecule has 1 aromatic carbocycles. The van der Waals surface area contributed by atoms with E-state index in [1.54, 1.807) is 24.3 Å². The highest BCUT2D eigenvalue weighted by molar-refractivity contribution is 9.10. The van der Waals surface area contributed by atoms with Gasteiger partial charge in [0.15, 0.2) is 21.7 Å². The normalized spacial score (nSPS) is 11.0. The number of aromatic nitrogens is 4. The van der Waals surface area contributed by atoms with Crippen molar-refractivity contribution >= 4 is 32.9 Å². The van der Waals surface area contributed by atoms with Crippen LogP contribution in [-0.4, -0.2) is 24.9 Å². The lowest BCUT2D eigenvalue weighted by Gasteiger charge is -2.05. The average molecular weight is 363 g/mol. The van der Waals surface area contributed by atoms with Crippen LogP contribution in [0.25, 0.3) is 11.2 Å². The molecular formula is C14H11BrN4O3. The molecule has 2 aromatic heterocycles. The molecule has 1 N–H and O–H groups in total. The number of H-pyrrole nitrogens is 1. The van der Waals surface area contributed by atoms with Crippen LogP contribution in [0.15, 0.2) is 44.7 Å². The molecule has 0 aliphatic carbocycles. The zero-order valence-corrected chi connectivity index (χ0v) is 13.1. The highest BCUT2D eigenvalue weighted by Crippen LogP contribution is 2.16. The monoisotopic (exact) mass is 362 g/mol. The van der Waals surface area contributed by atoms with Crippen molar-refractivity contribution in [3.63, 3.8) is 0 Å². The number of hydrogen-bond donors (Lipinski definition) is 1. The summed E-state index contributed by atoms with van der Waals surface area (Å²) in [6, 6.07) is 8.76. The number of carbonyl (C=O) groups is 1. The Kier molecular flexibility index (Phi) is 3.53. The summed E-state index contributed by atoms with van der Waals surface area (Å²) >= 11 is 3.24. The van der Waals surface area contributed by atoms with Gasteiger partial charge in [-0.05, 0) is 15.9 Å². The Balaban J connectivity index is 2.14. The van der Waals surface area contributed by atoms with Crippen molar-refractivity contribution in [2.24, 2.45) is 7.05 Å². The van der Waals surface area contributed by atoms with Crippen molar-refractivity contribution in [3.05, 3.63) is 61.5 Å². The average Bonchev–Trinajstić information content (AvgIpc) is 2.83. The van der Waals surface area contributed by atoms with Crippen LogP contribution in [0.1, 0.15) is 10.4 Å². The fourth-order valence-electron chi connectivity index (χ4n) is 2.21. The van der Waals surface area contributed by atoms with Crippen molar-refractivity contribution in [2.45, 2.75) is 6.54 Å². The van der Waals surface area contributed by atoms with E-state index < -0.39 is 11.2 Å². The summed E-state index contributed by atoms with van der Waals surface area (Å²) in [5, 5.41) is 0. The van der Waals surface area contributed by atoms with Crippen LogP contribution in [-0.2, 0) is 13.6 Å². The number of nitrogens with zero attached hydrogens (tertiary/aromatic N) is 3. The maximum Gasteiger partial charge on any atom is 0.329 e. The van der Waals surface area contributed by atoms with Gasteiger partial charge in [0, 0.05) is 12.6 Å². The molecule has 112 valence electrons. The van der Waals surface area contributed by atoms with E-state index in [2.05, 4.69) is 25.9 Å². The molecule has 0 fully saturated rings. The fourth-order valence-corrected chi connectivity index (χ4v) is 2.68. The standard InChI is InChI=1S/C14H11BrN4O3/c1-18-11-10(12(21)17-14(18)22)19(13(15)16-11)7-9(20)8-5-3-2-4-6-8/h2-6H,7H2,1H3,(H,17,21,22). The van der Waals surface area contributed by atoms with Crippen molar-refractivity contribution in [3.8, 4) is 0 Å². The van der Waals surface area contributed by atoms with Crippen LogP contribution >= 0.6 is 15.9 Å². The molecule has 3 aromatic rings. The molecular weight excluding hydrogens is 352 g/mol. The minimum Gasteiger partial charge on any atom is -0.305 e. The third kappa shape index (κ3) is 2.31. The fraction of sp³-hybridized carbons (Fsp3) is 0.143. The molecule has 0 saturated carbocycles. The van der Waals surface area contributed by atoms with Gasteiger partial charge in [-0.1, -0.05) is 30.3 Å². The van der Waals surface area contributed by atoms with Crippen molar-refractivity contribution in [1.82, 2.24) is 19.1 Å². The number of aromatic amines is 1. The predicted molar refractivity (Wildman–Crippen MR) is 84.1 cm³/mol. The van der Waals surface area contributed by atoms with E-state index in [1.165, 1.54) is 16.2 Å². The molecule has 7 nitrogen and oxygen atoms in total. The Hall–Kier alpha value is -2.48. The molecule has 0 aliphatic heterocycles. The number of halogens is 1. The number of imidazole rings is 1. The molecule has 0 unspecified atom stereocenters. The number of nitrogens with one attached hydrogen (secondary N) is 1. The van der Waals surface area contributed by atoms with Gasteiger partial charge in [0.2, 0.25) is 0 Å². The highest BCUT2D eigenvalue weighted by Gasteiger charge is 2.18. The number of fused-ring (bicyclic) bond motifs is 1. The smallest absolute Gasteiger partial charge is 0.305 e. The van der Waals surface area contributed by atoms with E-state index in [9.17, 15) is 14.4 Å². The summed E-state index contributed by atoms with van der Waals surface area (Å²) in [7, 11) is 1.50. The van der Waals surface area contributed by atoms with Crippen LogP contribution in [0.5, 0.6) is 0 Å². The van der Waals surface area contributed by atoms with Crippen molar-refractivity contribution < 1.29 is 4.79 Å². The van der Waals surface area contributed by atoms with Crippen LogP contribution in [0.3, 0.4) is 0 Å². The second-order valence-corrected chi connectivity index (χ2v) is 5.46. The summed E-state index contributed by atoms with van der Waals surface area (Å²) in [6.45, 7) is -0.0532. The van der Waals surface area contributed by atoms with E-state index in [1.807, 2.05) is 6.07 Å². The van der Waals surface area contributed by atoms with Gasteiger partial charge in [0.05, 0.1) is 6.54 Å². The Morgan fingerprint density at radius 3 is 2.64 bits per heavy atom. The summed E-state index contributed by atoms with van der Waals surface area (Å²) < 4.78 is 2.99. The number of Topliss-reactive ketones (excluding diaryl/α,β-unsaturated/α-hetero) is 1. The Bertz CT molecular complexity index is 985. The maximum absolute atomic E-state index is 12.3. The Labute approximate surface area is 132 Å². The molecule has 0 saturated heterocycles. The second kappa shape index (κ2) is 5.38. The van der Waals surface area contributed by atoms with E-state index >= 15 is 0 Å². The Morgan fingerprint density at radius 2 is 1.95 bits per heavy atom. The first-order valence-electron chi connectivity index (χ1n) is 6.42. The molecule has 0 radical (unpaired) electrons. The summed E-state index contributed by atoms with van der Waals surface area (Å²) in [6.07, 6.45) is 0. The molecule has 0 atom stereocenters. The predicted octanol–water partition coefficient (Wildman–Crippen LogP) is 1.07. The summed E-state index contributed by atoms with van der Waals surface area (Å²) in [4.78, 5) is 42.3. The lowest BCUT2D eigenvalue weighted by atomic mass is 10.1. The first-order chi connectivity index (χ1) is 10.5. The first-order valence-corrected chi connectivity index (χ1v) is 7.21. The van der Waals surface area contributed by atoms with Crippen LogP contribution < -0.4 is 11.2 Å². The maximum atomic E-state index is 12.3. The van der Waals surface area contributed by atoms with E-state index in [0.717, 1.165) is 0 Å². The molecule has 3 rings (SSSR count). The number of hydrogen-bond acceptors (Lipinski definition) is 4. The Morgan fingerprint density at radius 1 is 1.27 bits per heavy atom. The third-order valence-corrected chi connectivity index (χ3v) is 3.96. The van der Waals surface area contributed by atoms with Gasteiger partial charge < -0.3 is 4.57 Å². The van der Waals surface area contributed by atoms with E-state index in [4.69, 9.17) is 0 Å². The molecule has 0 amide bonds. The van der Waals surface area contributed by atoms with E-state index in [0.29, 0.717) is 10.3 Å². The van der Waals surface area contributed by atoms with Gasteiger partial charge in [-0.2, -0.15) is 0 Å². The van der Waals surface area contributed by atoms with Crippen molar-refractivity contribution in [2.75, 3.05) is 0 Å². The zero-order chi connectivity index (χ0) is 15.9. The first kappa shape index (κ1) is 14.5. The molecule has 8 heteroatoms. The zero-order valence-electron chi connectivity index (χ0n) is 11.5. The lowest BCUT2D eigenvalue weighted by Crippen LogP contribution is -2.29. The van der Waals surface area contributed by atoms with Crippen LogP contribution in [0.2, 0.25) is 0 Å². The van der Waals surface area contributed by atoms with Gasteiger partial charge in [-0.15, -0.1) is 0 Å². The molecule has 2 heterocycles. The van der Waals surface area contributed by atoms with Gasteiger partial charge >= 0.3 is 5.69 Å². The molecule has 0 aliphatic rings. The van der Waals surface area contributed by atoms with Crippen LogP contribution in [0.4, 0.5) is 0 Å². The minimum absolute atomic E-state index is 0.0532. The van der Waals surface area contributed by atoms with Gasteiger partial charge in [-0.3, -0.25) is 19.1 Å². The second-order valence-electron chi connectivity index (χ2n) is 4.75. The number of benzene rings is 1. The van der Waals surface area contributed by atoms with Gasteiger partial charge in [-0.25, -0.2) is 9.78 Å². The largest absolute Gasteiger partial charge is 0.329 e. The number of carbonyl (C=O) groups excluding carboxylic acids is 1. The molecule has 0 spiro atoms. The molecule has 22 heavy (non-hydrogen) atoms. The highest BCUT2D eigenvalue weighted by atomic mass is 79.9. The summed E-state index contributed by atoms with van der Waals surface area (Å²) in [5.41, 5.74) is -0.182. The third-order valence-electron chi connectivity index (χ3n) is 3.36. The van der Waals surface area contributed by atoms with Crippen LogP contribution in [0, 0.1) is 0 Å². The number of rotatable bonds is 3.